The van der Waals surface area contributed by atoms with Crippen LogP contribution in [0.1, 0.15) is 16.8 Å². The van der Waals surface area contributed by atoms with Crippen LogP contribution in [0.3, 0.4) is 0 Å². The Morgan fingerprint density at radius 1 is 1.29 bits per heavy atom. The van der Waals surface area contributed by atoms with Gasteiger partial charge in [-0.15, -0.1) is 13.2 Å². The third-order valence-electron chi connectivity index (χ3n) is 4.18. The van der Waals surface area contributed by atoms with Gasteiger partial charge >= 0.3 is 6.36 Å². The lowest BCUT2D eigenvalue weighted by atomic mass is 10.1. The first-order chi connectivity index (χ1) is 14.6. The van der Waals surface area contributed by atoms with Gasteiger partial charge in [0, 0.05) is 29.3 Å². The smallest absolute Gasteiger partial charge is 0.406 e. The van der Waals surface area contributed by atoms with E-state index in [1.165, 1.54) is 35.0 Å². The second-order valence-electron chi connectivity index (χ2n) is 6.46. The van der Waals surface area contributed by atoms with Gasteiger partial charge in [-0.05, 0) is 30.3 Å². The molecule has 0 saturated heterocycles. The number of carbonyl (C=O) groups excluding carboxylic acids is 1. The summed E-state index contributed by atoms with van der Waals surface area (Å²) in [5.74, 6) is -1.05. The number of ether oxygens (including phenoxy) is 1. The first-order valence-electron chi connectivity index (χ1n) is 8.80. The number of nitro groups is 1. The number of aromatic nitrogens is 2. The fourth-order valence-electron chi connectivity index (χ4n) is 2.85. The lowest BCUT2D eigenvalue weighted by Gasteiger charge is -2.16. The summed E-state index contributed by atoms with van der Waals surface area (Å²) in [5.41, 5.74) is 0.499. The summed E-state index contributed by atoms with van der Waals surface area (Å²) >= 11 is 0. The van der Waals surface area contributed by atoms with Gasteiger partial charge in [0.05, 0.1) is 35.5 Å². The summed E-state index contributed by atoms with van der Waals surface area (Å²) < 4.78 is 41.9. The summed E-state index contributed by atoms with van der Waals surface area (Å²) in [6.45, 7) is 0.108. The van der Waals surface area contributed by atoms with E-state index in [9.17, 15) is 28.1 Å². The molecule has 0 spiro atoms. The molecule has 0 aliphatic rings. The molecule has 3 aromatic rings. The third-order valence-corrected chi connectivity index (χ3v) is 4.18. The number of fused-ring (bicyclic) bond motifs is 1. The van der Waals surface area contributed by atoms with Crippen LogP contribution in [0.25, 0.3) is 10.9 Å². The van der Waals surface area contributed by atoms with E-state index >= 15 is 0 Å². The van der Waals surface area contributed by atoms with E-state index in [1.54, 1.807) is 6.20 Å². The number of nitriles is 1. The van der Waals surface area contributed by atoms with Gasteiger partial charge in [-0.2, -0.15) is 10.4 Å². The lowest BCUT2D eigenvalue weighted by Crippen LogP contribution is -2.37. The third kappa shape index (κ3) is 5.69. The Hall–Kier alpha value is -4.14. The molecule has 12 heteroatoms. The van der Waals surface area contributed by atoms with Gasteiger partial charge in [-0.25, -0.2) is 0 Å². The zero-order valence-corrected chi connectivity index (χ0v) is 15.7. The fourth-order valence-corrected chi connectivity index (χ4v) is 2.85. The maximum atomic E-state index is 12.4. The summed E-state index contributed by atoms with van der Waals surface area (Å²) in [6.07, 6.45) is -3.34. The average Bonchev–Trinajstić information content (AvgIpc) is 3.08. The highest BCUT2D eigenvalue weighted by molar-refractivity contribution is 5.94. The Labute approximate surface area is 172 Å². The number of nitro benzene ring substituents is 1. The number of hydrogen-bond donors (Lipinski definition) is 1. The SMILES string of the molecule is N#CCC(Cn1cc2cc([N+](=O)[O-])ccc2n1)NC(=O)c1ccc(OC(F)(F)F)cc1. The van der Waals surface area contributed by atoms with Gasteiger partial charge in [0.25, 0.3) is 11.6 Å². The van der Waals surface area contributed by atoms with Gasteiger partial charge in [-0.1, -0.05) is 0 Å². The molecule has 0 saturated carbocycles. The van der Waals surface area contributed by atoms with Crippen LogP contribution in [0, 0.1) is 21.4 Å². The summed E-state index contributed by atoms with van der Waals surface area (Å²) in [7, 11) is 0. The molecule has 0 radical (unpaired) electrons. The van der Waals surface area contributed by atoms with Gasteiger partial charge in [0.2, 0.25) is 0 Å². The molecule has 1 unspecified atom stereocenters. The van der Waals surface area contributed by atoms with E-state index in [-0.39, 0.29) is 24.2 Å². The molecule has 0 bridgehead atoms. The average molecular weight is 433 g/mol. The Bertz CT molecular complexity index is 1150. The highest BCUT2D eigenvalue weighted by atomic mass is 19.4. The van der Waals surface area contributed by atoms with Crippen molar-refractivity contribution in [3.8, 4) is 11.8 Å². The minimum Gasteiger partial charge on any atom is -0.406 e. The largest absolute Gasteiger partial charge is 0.573 e. The molecular weight excluding hydrogens is 419 g/mol. The van der Waals surface area contributed by atoms with Crippen LogP contribution >= 0.6 is 0 Å². The fraction of sp³-hybridized carbons (Fsp3) is 0.211. The maximum absolute atomic E-state index is 12.4. The number of rotatable bonds is 7. The van der Waals surface area contributed by atoms with Crippen LogP contribution in [0.4, 0.5) is 18.9 Å². The van der Waals surface area contributed by atoms with Crippen LogP contribution < -0.4 is 10.1 Å². The Kier molecular flexibility index (Phi) is 6.05. The number of carbonyl (C=O) groups is 1. The van der Waals surface area contributed by atoms with Crippen molar-refractivity contribution in [3.63, 3.8) is 0 Å². The molecular formula is C19H14F3N5O4. The van der Waals surface area contributed by atoms with E-state index < -0.39 is 29.0 Å². The Morgan fingerprint density at radius 3 is 2.61 bits per heavy atom. The molecule has 31 heavy (non-hydrogen) atoms. The number of benzene rings is 2. The number of hydrogen-bond acceptors (Lipinski definition) is 6. The first kappa shape index (κ1) is 21.6. The molecule has 2 aromatic carbocycles. The van der Waals surface area contributed by atoms with Crippen molar-refractivity contribution in [3.05, 3.63) is 64.3 Å². The van der Waals surface area contributed by atoms with Crippen LogP contribution in [0.15, 0.2) is 48.7 Å². The number of nitrogens with zero attached hydrogens (tertiary/aromatic N) is 4. The van der Waals surface area contributed by atoms with E-state index in [4.69, 9.17) is 5.26 Å². The standard InChI is InChI=1S/C19H14F3N5O4/c20-19(21,22)31-16-4-1-12(2-5-16)18(28)24-14(7-8-23)11-26-10-13-9-15(27(29)30)3-6-17(13)25-26/h1-6,9-10,14H,7,11H2,(H,24,28). The van der Waals surface area contributed by atoms with Gasteiger partial charge < -0.3 is 10.1 Å². The number of non-ortho nitro benzene ring substituents is 1. The summed E-state index contributed by atoms with van der Waals surface area (Å²) in [6, 6.07) is 9.82. The van der Waals surface area contributed by atoms with E-state index in [2.05, 4.69) is 15.2 Å². The van der Waals surface area contributed by atoms with Crippen LogP contribution in [0.5, 0.6) is 5.75 Å². The van der Waals surface area contributed by atoms with Crippen molar-refractivity contribution < 1.29 is 27.6 Å². The normalized spacial score (nSPS) is 12.2. The van der Waals surface area contributed by atoms with Crippen molar-refractivity contribution in [2.45, 2.75) is 25.4 Å². The van der Waals surface area contributed by atoms with E-state index in [1.807, 2.05) is 6.07 Å². The topological polar surface area (TPSA) is 123 Å². The molecule has 1 N–H and O–H groups in total. The molecule has 9 nitrogen and oxygen atoms in total. The minimum atomic E-state index is -4.84. The highest BCUT2D eigenvalue weighted by Crippen LogP contribution is 2.23. The van der Waals surface area contributed by atoms with Crippen LogP contribution in [0.2, 0.25) is 0 Å². The van der Waals surface area contributed by atoms with Crippen LogP contribution in [-0.4, -0.2) is 33.0 Å². The van der Waals surface area contributed by atoms with Crippen molar-refractivity contribution in [2.75, 3.05) is 0 Å². The second-order valence-corrected chi connectivity index (χ2v) is 6.46. The van der Waals surface area contributed by atoms with Gasteiger partial charge in [0.15, 0.2) is 0 Å². The number of halogens is 3. The molecule has 0 fully saturated rings. The second kappa shape index (κ2) is 8.70. The van der Waals surface area contributed by atoms with Gasteiger partial charge in [-0.3, -0.25) is 19.6 Å². The molecule has 1 aromatic heterocycles. The van der Waals surface area contributed by atoms with Gasteiger partial charge in [0.1, 0.15) is 5.75 Å². The predicted molar refractivity (Wildman–Crippen MR) is 101 cm³/mol. The Morgan fingerprint density at radius 2 is 2.00 bits per heavy atom. The predicted octanol–water partition coefficient (Wildman–Crippen LogP) is 3.56. The number of amides is 1. The highest BCUT2D eigenvalue weighted by Gasteiger charge is 2.31. The van der Waals surface area contributed by atoms with Crippen molar-refractivity contribution in [2.24, 2.45) is 0 Å². The molecule has 1 heterocycles. The first-order valence-corrected chi connectivity index (χ1v) is 8.80. The summed E-state index contributed by atoms with van der Waals surface area (Å²) in [5, 5.41) is 27.4. The van der Waals surface area contributed by atoms with Crippen molar-refractivity contribution in [1.29, 1.82) is 5.26 Å². The molecule has 0 aliphatic heterocycles. The lowest BCUT2D eigenvalue weighted by molar-refractivity contribution is -0.384. The molecule has 3 rings (SSSR count). The Balaban J connectivity index is 1.71. The monoisotopic (exact) mass is 433 g/mol. The molecule has 1 amide bonds. The molecule has 160 valence electrons. The zero-order valence-electron chi connectivity index (χ0n) is 15.7. The molecule has 1 atom stereocenters. The molecule has 0 aliphatic carbocycles. The van der Waals surface area contributed by atoms with E-state index in [0.717, 1.165) is 12.1 Å². The quantitative estimate of drug-likeness (QED) is 0.449. The zero-order chi connectivity index (χ0) is 22.6. The van der Waals surface area contributed by atoms with Crippen molar-refractivity contribution >= 4 is 22.5 Å². The summed E-state index contributed by atoms with van der Waals surface area (Å²) in [4.78, 5) is 22.8. The number of nitrogens with one attached hydrogen (secondary N) is 1. The van der Waals surface area contributed by atoms with Crippen LogP contribution in [-0.2, 0) is 6.54 Å². The number of alkyl halides is 3. The van der Waals surface area contributed by atoms with Crippen molar-refractivity contribution in [1.82, 2.24) is 15.1 Å². The minimum absolute atomic E-state index is 0.0582. The van der Waals surface area contributed by atoms with E-state index in [0.29, 0.717) is 10.9 Å². The maximum Gasteiger partial charge on any atom is 0.573 e.